The Labute approximate surface area is 109 Å². The van der Waals surface area contributed by atoms with E-state index in [2.05, 4.69) is 15.9 Å². The topological polar surface area (TPSA) is 39.5 Å². The lowest BCUT2D eigenvalue weighted by Gasteiger charge is -2.24. The zero-order valence-electron chi connectivity index (χ0n) is 11.6. The van der Waals surface area contributed by atoms with Crippen molar-refractivity contribution in [3.8, 4) is 11.8 Å². The maximum absolute atomic E-state index is 9.31. The maximum atomic E-state index is 9.31. The number of likely N-dealkylation sites (N-methyl/N-ethyl adjacent to an activating group) is 2. The average Bonchev–Trinajstić information content (AvgIpc) is 2.38. The van der Waals surface area contributed by atoms with Crippen LogP contribution in [0.15, 0.2) is 24.3 Å². The minimum Gasteiger partial charge on any atom is -0.497 e. The number of rotatable bonds is 6. The van der Waals surface area contributed by atoms with Crippen LogP contribution in [0, 0.1) is 11.3 Å². The Bertz CT molecular complexity index is 394. The molecule has 1 atom stereocenters. The van der Waals surface area contributed by atoms with Crippen molar-refractivity contribution < 1.29 is 4.74 Å². The molecule has 18 heavy (non-hydrogen) atoms. The Morgan fingerprint density at radius 1 is 1.17 bits per heavy atom. The van der Waals surface area contributed by atoms with Crippen molar-refractivity contribution in [2.45, 2.75) is 6.04 Å². The zero-order valence-corrected chi connectivity index (χ0v) is 11.6. The van der Waals surface area contributed by atoms with E-state index >= 15 is 0 Å². The molecule has 0 bridgehead atoms. The van der Waals surface area contributed by atoms with E-state index in [0.29, 0.717) is 0 Å². The number of hydrogen-bond donors (Lipinski definition) is 0. The smallest absolute Gasteiger partial charge is 0.123 e. The van der Waals surface area contributed by atoms with Gasteiger partial charge in [0.1, 0.15) is 11.8 Å². The minimum atomic E-state index is -0.212. The second-order valence-corrected chi connectivity index (χ2v) is 4.59. The maximum Gasteiger partial charge on any atom is 0.123 e. The molecule has 0 radical (unpaired) electrons. The third kappa shape index (κ3) is 4.02. The van der Waals surface area contributed by atoms with Crippen molar-refractivity contribution >= 4 is 0 Å². The number of nitrogens with zero attached hydrogens (tertiary/aromatic N) is 3. The van der Waals surface area contributed by atoms with Gasteiger partial charge in [-0.3, -0.25) is 4.90 Å². The standard InChI is InChI=1S/C14H21N3O/c1-16(2)9-10-17(3)14(11-15)12-5-7-13(18-4)8-6-12/h5-8,14H,9-10H2,1-4H3. The van der Waals surface area contributed by atoms with E-state index in [1.807, 2.05) is 45.4 Å². The summed E-state index contributed by atoms with van der Waals surface area (Å²) in [7, 11) is 7.67. The first kappa shape index (κ1) is 14.5. The molecule has 1 aromatic rings. The molecule has 0 fully saturated rings. The highest BCUT2D eigenvalue weighted by Crippen LogP contribution is 2.21. The molecule has 0 N–H and O–H groups in total. The Morgan fingerprint density at radius 3 is 2.22 bits per heavy atom. The first-order valence-electron chi connectivity index (χ1n) is 5.97. The molecular weight excluding hydrogens is 226 g/mol. The number of benzene rings is 1. The van der Waals surface area contributed by atoms with Crippen molar-refractivity contribution in [2.75, 3.05) is 41.3 Å². The number of ether oxygens (including phenoxy) is 1. The van der Waals surface area contributed by atoms with Crippen LogP contribution in [0.5, 0.6) is 5.75 Å². The molecule has 0 aromatic heterocycles. The van der Waals surface area contributed by atoms with Gasteiger partial charge in [0.05, 0.1) is 13.2 Å². The zero-order chi connectivity index (χ0) is 13.5. The van der Waals surface area contributed by atoms with Gasteiger partial charge < -0.3 is 9.64 Å². The monoisotopic (exact) mass is 247 g/mol. The molecule has 1 aromatic carbocycles. The molecule has 0 aliphatic rings. The fourth-order valence-corrected chi connectivity index (χ4v) is 1.70. The van der Waals surface area contributed by atoms with Crippen LogP contribution in [0.25, 0.3) is 0 Å². The van der Waals surface area contributed by atoms with Crippen LogP contribution in [-0.2, 0) is 0 Å². The SMILES string of the molecule is COc1ccc(C(C#N)N(C)CCN(C)C)cc1. The van der Waals surface area contributed by atoms with Crippen LogP contribution >= 0.6 is 0 Å². The second kappa shape index (κ2) is 7.00. The van der Waals surface area contributed by atoms with Crippen molar-refractivity contribution in [3.05, 3.63) is 29.8 Å². The van der Waals surface area contributed by atoms with E-state index in [1.54, 1.807) is 7.11 Å². The summed E-state index contributed by atoms with van der Waals surface area (Å²) >= 11 is 0. The van der Waals surface area contributed by atoms with Crippen LogP contribution in [-0.4, -0.2) is 51.1 Å². The fourth-order valence-electron chi connectivity index (χ4n) is 1.70. The molecule has 4 nitrogen and oxygen atoms in total. The summed E-state index contributed by atoms with van der Waals surface area (Å²) in [6.07, 6.45) is 0. The summed E-state index contributed by atoms with van der Waals surface area (Å²) in [6.45, 7) is 1.79. The van der Waals surface area contributed by atoms with Gasteiger partial charge in [-0.1, -0.05) is 12.1 Å². The summed E-state index contributed by atoms with van der Waals surface area (Å²) in [4.78, 5) is 4.17. The molecule has 0 saturated carbocycles. The number of hydrogen-bond acceptors (Lipinski definition) is 4. The van der Waals surface area contributed by atoms with Gasteiger partial charge in [-0.15, -0.1) is 0 Å². The molecule has 0 amide bonds. The predicted octanol–water partition coefficient (Wildman–Crippen LogP) is 1.75. The Balaban J connectivity index is 2.72. The third-order valence-corrected chi connectivity index (χ3v) is 2.89. The van der Waals surface area contributed by atoms with Gasteiger partial charge in [0.2, 0.25) is 0 Å². The lowest BCUT2D eigenvalue weighted by Crippen LogP contribution is -2.31. The van der Waals surface area contributed by atoms with Crippen molar-refractivity contribution in [1.82, 2.24) is 9.80 Å². The largest absolute Gasteiger partial charge is 0.497 e. The second-order valence-electron chi connectivity index (χ2n) is 4.59. The summed E-state index contributed by atoms with van der Waals surface area (Å²) in [6, 6.07) is 9.80. The number of nitriles is 1. The predicted molar refractivity (Wildman–Crippen MR) is 72.5 cm³/mol. The van der Waals surface area contributed by atoms with Crippen LogP contribution in [0.4, 0.5) is 0 Å². The summed E-state index contributed by atoms with van der Waals surface area (Å²) in [5, 5.41) is 9.31. The molecule has 0 aliphatic carbocycles. The Kier molecular flexibility index (Phi) is 5.63. The van der Waals surface area contributed by atoms with E-state index in [9.17, 15) is 5.26 Å². The third-order valence-electron chi connectivity index (χ3n) is 2.89. The van der Waals surface area contributed by atoms with Crippen LogP contribution in [0.3, 0.4) is 0 Å². The van der Waals surface area contributed by atoms with Gasteiger partial charge in [-0.25, -0.2) is 0 Å². The van der Waals surface area contributed by atoms with Crippen LogP contribution < -0.4 is 4.74 Å². The van der Waals surface area contributed by atoms with Crippen LogP contribution in [0.2, 0.25) is 0 Å². The van der Waals surface area contributed by atoms with Gasteiger partial charge in [0.25, 0.3) is 0 Å². The van der Waals surface area contributed by atoms with Crippen LogP contribution in [0.1, 0.15) is 11.6 Å². The summed E-state index contributed by atoms with van der Waals surface area (Å²) in [5.74, 6) is 0.811. The Hall–Kier alpha value is -1.57. The molecule has 0 spiro atoms. The van der Waals surface area contributed by atoms with E-state index < -0.39 is 0 Å². The van der Waals surface area contributed by atoms with Gasteiger partial charge in [-0.2, -0.15) is 5.26 Å². The van der Waals surface area contributed by atoms with Crippen molar-refractivity contribution in [1.29, 1.82) is 5.26 Å². The lowest BCUT2D eigenvalue weighted by molar-refractivity contribution is 0.253. The molecule has 1 unspecified atom stereocenters. The van der Waals surface area contributed by atoms with Gasteiger partial charge in [0, 0.05) is 13.1 Å². The molecule has 1 rings (SSSR count). The normalized spacial score (nSPS) is 12.5. The molecule has 0 aliphatic heterocycles. The van der Waals surface area contributed by atoms with E-state index in [0.717, 1.165) is 24.4 Å². The molecule has 98 valence electrons. The lowest BCUT2D eigenvalue weighted by atomic mass is 10.1. The van der Waals surface area contributed by atoms with Gasteiger partial charge in [0.15, 0.2) is 0 Å². The molecule has 0 heterocycles. The van der Waals surface area contributed by atoms with E-state index in [1.165, 1.54) is 0 Å². The first-order chi connectivity index (χ1) is 8.58. The van der Waals surface area contributed by atoms with E-state index in [4.69, 9.17) is 4.74 Å². The van der Waals surface area contributed by atoms with E-state index in [-0.39, 0.29) is 6.04 Å². The summed E-state index contributed by atoms with van der Waals surface area (Å²) in [5.41, 5.74) is 1.000. The minimum absolute atomic E-state index is 0.212. The highest BCUT2D eigenvalue weighted by molar-refractivity contribution is 5.31. The van der Waals surface area contributed by atoms with Crippen molar-refractivity contribution in [3.63, 3.8) is 0 Å². The molecular formula is C14H21N3O. The number of methoxy groups -OCH3 is 1. The fraction of sp³-hybridized carbons (Fsp3) is 0.500. The highest BCUT2D eigenvalue weighted by Gasteiger charge is 2.16. The first-order valence-corrected chi connectivity index (χ1v) is 5.97. The Morgan fingerprint density at radius 2 is 1.78 bits per heavy atom. The quantitative estimate of drug-likeness (QED) is 0.768. The average molecular weight is 247 g/mol. The summed E-state index contributed by atoms with van der Waals surface area (Å²) < 4.78 is 5.12. The van der Waals surface area contributed by atoms with Gasteiger partial charge in [-0.05, 0) is 38.8 Å². The van der Waals surface area contributed by atoms with Gasteiger partial charge >= 0.3 is 0 Å². The molecule has 0 saturated heterocycles. The highest BCUT2D eigenvalue weighted by atomic mass is 16.5. The molecule has 4 heteroatoms. The van der Waals surface area contributed by atoms with Crippen molar-refractivity contribution in [2.24, 2.45) is 0 Å².